The van der Waals surface area contributed by atoms with Gasteiger partial charge in [0.05, 0.1) is 5.41 Å². The molecule has 104 valence electrons. The van der Waals surface area contributed by atoms with Gasteiger partial charge in [-0.2, -0.15) is 0 Å². The van der Waals surface area contributed by atoms with E-state index < -0.39 is 16.8 Å². The summed E-state index contributed by atoms with van der Waals surface area (Å²) in [5.74, 6) is -1.21. The Morgan fingerprint density at radius 3 is 2.39 bits per heavy atom. The molecule has 1 amide bonds. The number of amides is 1. The van der Waals surface area contributed by atoms with Crippen LogP contribution in [-0.4, -0.2) is 35.2 Å². The number of nitrogens with one attached hydrogen (secondary N) is 1. The summed E-state index contributed by atoms with van der Waals surface area (Å²) in [4.78, 5) is 23.5. The van der Waals surface area contributed by atoms with E-state index in [-0.39, 0.29) is 18.4 Å². The number of rotatable bonds is 5. The van der Waals surface area contributed by atoms with Crippen molar-refractivity contribution in [3.05, 3.63) is 0 Å². The summed E-state index contributed by atoms with van der Waals surface area (Å²) in [5, 5.41) is 20.8. The number of aliphatic carboxylic acids is 1. The van der Waals surface area contributed by atoms with Gasteiger partial charge in [0.25, 0.3) is 0 Å². The van der Waals surface area contributed by atoms with Crippen LogP contribution in [0.4, 0.5) is 0 Å². The predicted molar refractivity (Wildman–Crippen MR) is 67.0 cm³/mol. The van der Waals surface area contributed by atoms with Gasteiger partial charge in [-0.05, 0) is 31.6 Å². The molecule has 5 nitrogen and oxygen atoms in total. The van der Waals surface area contributed by atoms with E-state index in [4.69, 9.17) is 5.11 Å². The first-order valence-electron chi connectivity index (χ1n) is 6.39. The fourth-order valence-corrected chi connectivity index (χ4v) is 2.76. The standard InChI is InChI=1S/C13H23NO4/c1-12(2)9(10(16)14-7-4-8-15)5-6-13(12,3)11(17)18/h9,15H,4-8H2,1-3H3,(H,14,16)(H,17,18)/t9-,13-/m0/s1. The van der Waals surface area contributed by atoms with E-state index in [0.29, 0.717) is 25.8 Å². The molecule has 1 fully saturated rings. The number of carboxylic acids is 1. The van der Waals surface area contributed by atoms with Crippen LogP contribution >= 0.6 is 0 Å². The molecular formula is C13H23NO4. The SMILES string of the molecule is CC1(C)[C@H](C(=O)NCCCO)CC[C@@]1(C)C(=O)O. The van der Waals surface area contributed by atoms with Gasteiger partial charge < -0.3 is 15.5 Å². The van der Waals surface area contributed by atoms with Crippen molar-refractivity contribution in [2.75, 3.05) is 13.2 Å². The van der Waals surface area contributed by atoms with E-state index in [9.17, 15) is 14.7 Å². The van der Waals surface area contributed by atoms with Gasteiger partial charge in [0.1, 0.15) is 0 Å². The number of hydrogen-bond acceptors (Lipinski definition) is 3. The maximum Gasteiger partial charge on any atom is 0.309 e. The van der Waals surface area contributed by atoms with Gasteiger partial charge in [-0.15, -0.1) is 0 Å². The summed E-state index contributed by atoms with van der Waals surface area (Å²) < 4.78 is 0. The lowest BCUT2D eigenvalue weighted by molar-refractivity contribution is -0.155. The van der Waals surface area contributed by atoms with Gasteiger partial charge >= 0.3 is 5.97 Å². The lowest BCUT2D eigenvalue weighted by atomic mass is 9.65. The van der Waals surface area contributed by atoms with E-state index in [2.05, 4.69) is 5.32 Å². The molecule has 0 saturated heterocycles. The molecule has 0 aliphatic heterocycles. The van der Waals surface area contributed by atoms with Gasteiger partial charge in [-0.1, -0.05) is 13.8 Å². The lowest BCUT2D eigenvalue weighted by Gasteiger charge is -2.37. The lowest BCUT2D eigenvalue weighted by Crippen LogP contribution is -2.45. The Hall–Kier alpha value is -1.10. The highest BCUT2D eigenvalue weighted by Crippen LogP contribution is 2.56. The highest BCUT2D eigenvalue weighted by molar-refractivity contribution is 5.83. The van der Waals surface area contributed by atoms with Crippen LogP contribution < -0.4 is 5.32 Å². The van der Waals surface area contributed by atoms with Crippen molar-refractivity contribution in [1.82, 2.24) is 5.32 Å². The van der Waals surface area contributed by atoms with Gasteiger partial charge in [-0.25, -0.2) is 0 Å². The molecule has 5 heteroatoms. The van der Waals surface area contributed by atoms with Crippen LogP contribution in [0.15, 0.2) is 0 Å². The zero-order valence-electron chi connectivity index (χ0n) is 11.3. The molecule has 3 N–H and O–H groups in total. The molecule has 1 aliphatic carbocycles. The molecular weight excluding hydrogens is 234 g/mol. The van der Waals surface area contributed by atoms with E-state index in [1.54, 1.807) is 6.92 Å². The summed E-state index contributed by atoms with van der Waals surface area (Å²) in [6.07, 6.45) is 1.64. The quantitative estimate of drug-likeness (QED) is 0.642. The van der Waals surface area contributed by atoms with Gasteiger partial charge in [0.15, 0.2) is 0 Å². The third kappa shape index (κ3) is 2.36. The molecule has 0 unspecified atom stereocenters. The molecule has 1 rings (SSSR count). The largest absolute Gasteiger partial charge is 0.481 e. The minimum atomic E-state index is -0.855. The van der Waals surface area contributed by atoms with Crippen LogP contribution in [0.1, 0.15) is 40.0 Å². The third-order valence-corrected chi connectivity index (χ3v) is 4.65. The van der Waals surface area contributed by atoms with Crippen molar-refractivity contribution in [2.24, 2.45) is 16.7 Å². The molecule has 0 bridgehead atoms. The van der Waals surface area contributed by atoms with E-state index in [0.717, 1.165) is 0 Å². The number of hydrogen-bond donors (Lipinski definition) is 3. The van der Waals surface area contributed by atoms with Crippen LogP contribution in [0.2, 0.25) is 0 Å². The molecule has 1 saturated carbocycles. The average Bonchev–Trinajstić information content (AvgIpc) is 2.52. The fraction of sp³-hybridized carbons (Fsp3) is 0.846. The molecule has 1 aliphatic rings. The van der Waals surface area contributed by atoms with Crippen LogP contribution in [-0.2, 0) is 9.59 Å². The first-order valence-corrected chi connectivity index (χ1v) is 6.39. The summed E-state index contributed by atoms with van der Waals surface area (Å²) in [7, 11) is 0. The van der Waals surface area contributed by atoms with Crippen LogP contribution in [0.25, 0.3) is 0 Å². The Kier molecular flexibility index (Phi) is 4.37. The maximum atomic E-state index is 12.1. The van der Waals surface area contributed by atoms with Crippen molar-refractivity contribution >= 4 is 11.9 Å². The summed E-state index contributed by atoms with van der Waals surface area (Å²) >= 11 is 0. The zero-order chi connectivity index (χ0) is 14.0. The van der Waals surface area contributed by atoms with Crippen LogP contribution in [0.3, 0.4) is 0 Å². The Balaban J connectivity index is 2.75. The second-order valence-electron chi connectivity index (χ2n) is 5.82. The van der Waals surface area contributed by atoms with E-state index in [1.807, 2.05) is 13.8 Å². The second kappa shape index (κ2) is 5.26. The van der Waals surface area contributed by atoms with Crippen molar-refractivity contribution in [1.29, 1.82) is 0 Å². The van der Waals surface area contributed by atoms with Crippen molar-refractivity contribution in [3.8, 4) is 0 Å². The molecule has 0 aromatic heterocycles. The molecule has 18 heavy (non-hydrogen) atoms. The number of carboxylic acid groups (broad SMARTS) is 1. The van der Waals surface area contributed by atoms with E-state index >= 15 is 0 Å². The fourth-order valence-electron chi connectivity index (χ4n) is 2.76. The highest BCUT2D eigenvalue weighted by Gasteiger charge is 2.58. The first kappa shape index (κ1) is 15.0. The highest BCUT2D eigenvalue weighted by atomic mass is 16.4. The predicted octanol–water partition coefficient (Wildman–Crippen LogP) is 1.01. The summed E-state index contributed by atoms with van der Waals surface area (Å²) in [6, 6.07) is 0. The molecule has 0 radical (unpaired) electrons. The summed E-state index contributed by atoms with van der Waals surface area (Å²) in [5.41, 5.74) is -1.42. The Labute approximate surface area is 108 Å². The Bertz CT molecular complexity index is 340. The number of carbonyl (C=O) groups is 2. The Morgan fingerprint density at radius 1 is 1.33 bits per heavy atom. The number of carbonyl (C=O) groups excluding carboxylic acids is 1. The minimum Gasteiger partial charge on any atom is -0.481 e. The van der Waals surface area contributed by atoms with Crippen molar-refractivity contribution < 1.29 is 19.8 Å². The van der Waals surface area contributed by atoms with Gasteiger partial charge in [0, 0.05) is 19.1 Å². The van der Waals surface area contributed by atoms with Crippen LogP contribution in [0, 0.1) is 16.7 Å². The monoisotopic (exact) mass is 257 g/mol. The van der Waals surface area contributed by atoms with Gasteiger partial charge in [-0.3, -0.25) is 9.59 Å². The normalized spacial score (nSPS) is 30.1. The minimum absolute atomic E-state index is 0.0428. The molecule has 0 aromatic rings. The summed E-state index contributed by atoms with van der Waals surface area (Å²) in [6.45, 7) is 5.90. The molecule has 0 heterocycles. The van der Waals surface area contributed by atoms with Crippen molar-refractivity contribution in [3.63, 3.8) is 0 Å². The van der Waals surface area contributed by atoms with Gasteiger partial charge in [0.2, 0.25) is 5.91 Å². The average molecular weight is 257 g/mol. The third-order valence-electron chi connectivity index (χ3n) is 4.65. The van der Waals surface area contributed by atoms with Crippen LogP contribution in [0.5, 0.6) is 0 Å². The number of aliphatic hydroxyl groups is 1. The first-order chi connectivity index (χ1) is 8.27. The van der Waals surface area contributed by atoms with E-state index in [1.165, 1.54) is 0 Å². The molecule has 0 spiro atoms. The second-order valence-corrected chi connectivity index (χ2v) is 5.82. The zero-order valence-corrected chi connectivity index (χ0v) is 11.3. The Morgan fingerprint density at radius 2 is 1.94 bits per heavy atom. The number of aliphatic hydroxyl groups excluding tert-OH is 1. The van der Waals surface area contributed by atoms with Crippen molar-refractivity contribution in [2.45, 2.75) is 40.0 Å². The maximum absolute atomic E-state index is 12.1. The topological polar surface area (TPSA) is 86.6 Å². The smallest absolute Gasteiger partial charge is 0.309 e. The molecule has 0 aromatic carbocycles. The molecule has 2 atom stereocenters.